The second-order valence-corrected chi connectivity index (χ2v) is 6.96. The molecular formula is C17H37NS. The summed E-state index contributed by atoms with van der Waals surface area (Å²) in [4.78, 5) is 0. The van der Waals surface area contributed by atoms with Crippen LogP contribution < -0.4 is 5.32 Å². The fraction of sp³-hybridized carbons (Fsp3) is 1.00. The summed E-state index contributed by atoms with van der Waals surface area (Å²) < 4.78 is 0. The topological polar surface area (TPSA) is 12.0 Å². The molecule has 1 nitrogen and oxygen atoms in total. The van der Waals surface area contributed by atoms with E-state index in [0.717, 1.165) is 30.8 Å². The summed E-state index contributed by atoms with van der Waals surface area (Å²) in [5, 5.41) is 3.96. The predicted octanol–water partition coefficient (Wildman–Crippen LogP) is 5.16. The van der Waals surface area contributed by atoms with E-state index >= 15 is 0 Å². The third-order valence-electron chi connectivity index (χ3n) is 4.38. The summed E-state index contributed by atoms with van der Waals surface area (Å²) in [5.74, 6) is 2.57. The monoisotopic (exact) mass is 287 g/mol. The molecule has 2 heteroatoms. The third-order valence-corrected chi connectivity index (χ3v) is 4.85. The van der Waals surface area contributed by atoms with Crippen molar-refractivity contribution in [3.05, 3.63) is 0 Å². The van der Waals surface area contributed by atoms with E-state index in [1.807, 2.05) is 0 Å². The van der Waals surface area contributed by atoms with Crippen LogP contribution in [0.3, 0.4) is 0 Å². The van der Waals surface area contributed by atoms with Gasteiger partial charge in [0, 0.05) is 5.25 Å². The van der Waals surface area contributed by atoms with Crippen molar-refractivity contribution in [2.45, 2.75) is 78.4 Å². The lowest BCUT2D eigenvalue weighted by atomic mass is 9.76. The lowest BCUT2D eigenvalue weighted by Crippen LogP contribution is -2.24. The predicted molar refractivity (Wildman–Crippen MR) is 92.2 cm³/mol. The summed E-state index contributed by atoms with van der Waals surface area (Å²) in [5.41, 5.74) is 0. The molecule has 0 fully saturated rings. The van der Waals surface area contributed by atoms with E-state index in [4.69, 9.17) is 12.6 Å². The molecule has 4 atom stereocenters. The molecule has 0 radical (unpaired) electrons. The molecule has 0 aromatic rings. The maximum atomic E-state index is 4.79. The highest BCUT2D eigenvalue weighted by atomic mass is 32.1. The Kier molecular flexibility index (Phi) is 12.3. The van der Waals surface area contributed by atoms with Gasteiger partial charge in [-0.25, -0.2) is 0 Å². The van der Waals surface area contributed by atoms with Crippen LogP contribution in [0, 0.1) is 17.8 Å². The average molecular weight is 288 g/mol. The van der Waals surface area contributed by atoms with Gasteiger partial charge in [-0.15, -0.1) is 0 Å². The zero-order valence-corrected chi connectivity index (χ0v) is 14.8. The Morgan fingerprint density at radius 3 is 2.05 bits per heavy atom. The highest BCUT2D eigenvalue weighted by Gasteiger charge is 2.23. The first-order valence-electron chi connectivity index (χ1n) is 8.45. The molecule has 0 saturated heterocycles. The molecule has 0 aliphatic heterocycles. The molecule has 0 aromatic heterocycles. The van der Waals surface area contributed by atoms with Crippen molar-refractivity contribution in [3.8, 4) is 0 Å². The molecule has 0 aromatic carbocycles. The van der Waals surface area contributed by atoms with Gasteiger partial charge in [0.1, 0.15) is 0 Å². The number of rotatable bonds is 12. The van der Waals surface area contributed by atoms with Gasteiger partial charge in [0.15, 0.2) is 0 Å². The van der Waals surface area contributed by atoms with E-state index in [9.17, 15) is 0 Å². The smallest absolute Gasteiger partial charge is 0.00315 e. The zero-order chi connectivity index (χ0) is 14.7. The lowest BCUT2D eigenvalue weighted by molar-refractivity contribution is 0.213. The van der Waals surface area contributed by atoms with Crippen molar-refractivity contribution >= 4 is 12.6 Å². The molecular weight excluding hydrogens is 250 g/mol. The minimum atomic E-state index is 0.558. The highest BCUT2D eigenvalue weighted by Crippen LogP contribution is 2.32. The average Bonchev–Trinajstić information content (AvgIpc) is 2.36. The Morgan fingerprint density at radius 1 is 0.895 bits per heavy atom. The molecule has 0 amide bonds. The van der Waals surface area contributed by atoms with Crippen molar-refractivity contribution in [1.82, 2.24) is 5.32 Å². The quantitative estimate of drug-likeness (QED) is 0.373. The minimum Gasteiger partial charge on any atom is -0.317 e. The van der Waals surface area contributed by atoms with Crippen LogP contribution in [0.4, 0.5) is 0 Å². The molecule has 0 aliphatic rings. The van der Waals surface area contributed by atoms with Crippen LogP contribution in [-0.4, -0.2) is 18.3 Å². The van der Waals surface area contributed by atoms with Gasteiger partial charge in [0.2, 0.25) is 0 Å². The lowest BCUT2D eigenvalue weighted by Gasteiger charge is -2.31. The van der Waals surface area contributed by atoms with Gasteiger partial charge in [0.25, 0.3) is 0 Å². The van der Waals surface area contributed by atoms with Gasteiger partial charge in [0.05, 0.1) is 0 Å². The first-order chi connectivity index (χ1) is 9.06. The van der Waals surface area contributed by atoms with Crippen molar-refractivity contribution in [1.29, 1.82) is 0 Å². The van der Waals surface area contributed by atoms with Gasteiger partial charge >= 0.3 is 0 Å². The Hall–Kier alpha value is 0.310. The van der Waals surface area contributed by atoms with Crippen LogP contribution in [-0.2, 0) is 0 Å². The summed E-state index contributed by atoms with van der Waals surface area (Å²) in [7, 11) is 0. The van der Waals surface area contributed by atoms with Gasteiger partial charge in [-0.1, -0.05) is 60.3 Å². The van der Waals surface area contributed by atoms with E-state index in [-0.39, 0.29) is 0 Å². The first kappa shape index (κ1) is 19.3. The maximum absolute atomic E-state index is 4.79. The Balaban J connectivity index is 4.18. The molecule has 116 valence electrons. The summed E-state index contributed by atoms with van der Waals surface area (Å²) in [6.07, 6.45) is 7.87. The Morgan fingerprint density at radius 2 is 1.53 bits per heavy atom. The Labute approximate surface area is 127 Å². The fourth-order valence-corrected chi connectivity index (χ4v) is 3.76. The van der Waals surface area contributed by atoms with E-state index in [1.54, 1.807) is 0 Å². The largest absolute Gasteiger partial charge is 0.317 e. The van der Waals surface area contributed by atoms with Crippen molar-refractivity contribution < 1.29 is 0 Å². The van der Waals surface area contributed by atoms with Gasteiger partial charge in [-0.05, 0) is 43.7 Å². The van der Waals surface area contributed by atoms with Crippen LogP contribution >= 0.6 is 12.6 Å². The zero-order valence-electron chi connectivity index (χ0n) is 13.9. The van der Waals surface area contributed by atoms with Crippen LogP contribution in [0.2, 0.25) is 0 Å². The standard InChI is InChI=1S/C17H37NS/c1-6-9-14(4)17(10-7-2)15(5)13-16(19)11-12-18-8-3/h14-19H,6-13H2,1-5H3. The number of thiol groups is 1. The summed E-state index contributed by atoms with van der Waals surface area (Å²) in [6, 6.07) is 0. The molecule has 1 N–H and O–H groups in total. The normalized spacial score (nSPS) is 18.0. The second-order valence-electron chi connectivity index (χ2n) is 6.23. The van der Waals surface area contributed by atoms with Crippen LogP contribution in [0.15, 0.2) is 0 Å². The number of hydrogen-bond donors (Lipinski definition) is 2. The molecule has 4 unspecified atom stereocenters. The number of nitrogens with one attached hydrogen (secondary N) is 1. The first-order valence-corrected chi connectivity index (χ1v) is 8.97. The van der Waals surface area contributed by atoms with E-state index in [2.05, 4.69) is 39.9 Å². The van der Waals surface area contributed by atoms with E-state index < -0.39 is 0 Å². The highest BCUT2D eigenvalue weighted by molar-refractivity contribution is 7.80. The van der Waals surface area contributed by atoms with E-state index in [0.29, 0.717) is 5.25 Å². The second kappa shape index (κ2) is 12.1. The van der Waals surface area contributed by atoms with Gasteiger partial charge in [-0.3, -0.25) is 0 Å². The van der Waals surface area contributed by atoms with Crippen LogP contribution in [0.5, 0.6) is 0 Å². The van der Waals surface area contributed by atoms with Crippen molar-refractivity contribution in [3.63, 3.8) is 0 Å². The Bertz CT molecular complexity index is 196. The molecule has 0 rings (SSSR count). The molecule has 0 aliphatic carbocycles. The molecule has 0 saturated carbocycles. The minimum absolute atomic E-state index is 0.558. The fourth-order valence-electron chi connectivity index (χ4n) is 3.30. The van der Waals surface area contributed by atoms with Crippen molar-refractivity contribution in [2.75, 3.05) is 13.1 Å². The van der Waals surface area contributed by atoms with Gasteiger partial charge in [-0.2, -0.15) is 12.6 Å². The van der Waals surface area contributed by atoms with E-state index in [1.165, 1.54) is 38.5 Å². The van der Waals surface area contributed by atoms with Crippen LogP contribution in [0.1, 0.15) is 73.1 Å². The maximum Gasteiger partial charge on any atom is 0.00315 e. The SMILES string of the molecule is CCCC(C)C(CCC)C(C)CC(S)CCNCC. The molecule has 0 bridgehead atoms. The third kappa shape index (κ3) is 8.96. The number of hydrogen-bond acceptors (Lipinski definition) is 2. The molecule has 19 heavy (non-hydrogen) atoms. The van der Waals surface area contributed by atoms with Gasteiger partial charge < -0.3 is 5.32 Å². The molecule has 0 heterocycles. The van der Waals surface area contributed by atoms with Crippen LogP contribution in [0.25, 0.3) is 0 Å². The van der Waals surface area contributed by atoms with Crippen molar-refractivity contribution in [2.24, 2.45) is 17.8 Å². The molecule has 0 spiro atoms. The summed E-state index contributed by atoms with van der Waals surface area (Å²) >= 11 is 4.79. The summed E-state index contributed by atoms with van der Waals surface area (Å²) in [6.45, 7) is 13.9.